The van der Waals surface area contributed by atoms with Gasteiger partial charge >= 0.3 is 6.18 Å². The highest BCUT2D eigenvalue weighted by Gasteiger charge is 2.37. The summed E-state index contributed by atoms with van der Waals surface area (Å²) >= 11 is 0. The van der Waals surface area contributed by atoms with Gasteiger partial charge in [-0.25, -0.2) is 19.9 Å². The van der Waals surface area contributed by atoms with E-state index in [0.29, 0.717) is 23.3 Å². The molecule has 0 aromatic carbocycles. The van der Waals surface area contributed by atoms with E-state index in [0.717, 1.165) is 12.1 Å². The Kier molecular flexibility index (Phi) is 6.22. The zero-order valence-electron chi connectivity index (χ0n) is 21.2. The number of nitrogens with zero attached hydrogens (tertiary/aromatic N) is 5. The van der Waals surface area contributed by atoms with Crippen molar-refractivity contribution in [3.05, 3.63) is 65.9 Å². The number of nitrogens with one attached hydrogen (secondary N) is 1. The molecule has 3 aromatic heterocycles. The van der Waals surface area contributed by atoms with E-state index >= 15 is 0 Å². The minimum absolute atomic E-state index is 0.0557. The van der Waals surface area contributed by atoms with E-state index in [2.05, 4.69) is 25.3 Å². The van der Waals surface area contributed by atoms with E-state index in [4.69, 9.17) is 7.48 Å². The zero-order valence-corrected chi connectivity index (χ0v) is 19.2. The first kappa shape index (κ1) is 21.9. The van der Waals surface area contributed by atoms with Crippen molar-refractivity contribution in [2.75, 3.05) is 18.4 Å². The summed E-state index contributed by atoms with van der Waals surface area (Å²) in [6.07, 6.45) is -2.05. The van der Waals surface area contributed by atoms with Gasteiger partial charge in [-0.3, -0.25) is 4.79 Å². The van der Waals surface area contributed by atoms with Gasteiger partial charge in [0.1, 0.15) is 11.5 Å². The Labute approximate surface area is 203 Å². The number of halogens is 3. The van der Waals surface area contributed by atoms with Gasteiger partial charge in [-0.05, 0) is 51.1 Å². The van der Waals surface area contributed by atoms with Crippen molar-refractivity contribution >= 4 is 11.7 Å². The molecule has 1 saturated heterocycles. The second kappa shape index (κ2) is 9.95. The van der Waals surface area contributed by atoms with E-state index in [9.17, 15) is 18.0 Å². The lowest BCUT2D eigenvalue weighted by Gasteiger charge is -2.43. The number of morpholine rings is 1. The lowest BCUT2D eigenvalue weighted by molar-refractivity contribution is -0.137. The number of aromatic nitrogens is 4. The number of carbonyl (C=O) groups excluding carboxylic acids is 1. The highest BCUT2D eigenvalue weighted by molar-refractivity contribution is 5.98. The highest BCUT2D eigenvalue weighted by atomic mass is 19.4. The van der Waals surface area contributed by atoms with E-state index in [1.165, 1.54) is 17.3 Å². The van der Waals surface area contributed by atoms with Gasteiger partial charge in [0.15, 0.2) is 5.82 Å². The number of aryl methyl sites for hydroxylation is 1. The summed E-state index contributed by atoms with van der Waals surface area (Å²) in [5.41, 5.74) is 0.0597. The Hall–Kier alpha value is -3.60. The van der Waals surface area contributed by atoms with Crippen LogP contribution in [0.2, 0.25) is 0 Å². The van der Waals surface area contributed by atoms with Crippen molar-refractivity contribution in [3.63, 3.8) is 0 Å². The van der Waals surface area contributed by atoms with Crippen LogP contribution in [0.4, 0.5) is 19.0 Å². The summed E-state index contributed by atoms with van der Waals surface area (Å²) in [6.45, 7) is 2.84. The van der Waals surface area contributed by atoms with Crippen LogP contribution in [-0.2, 0) is 10.9 Å². The number of anilines is 1. The molecule has 4 rings (SSSR count). The number of rotatable bonds is 5. The number of hydrogen-bond acceptors (Lipinski definition) is 7. The van der Waals surface area contributed by atoms with Crippen molar-refractivity contribution in [1.29, 1.82) is 0 Å². The van der Waals surface area contributed by atoms with Crippen molar-refractivity contribution in [2.24, 2.45) is 0 Å². The Bertz CT molecular complexity index is 1260. The molecule has 1 aliphatic heterocycles. The molecule has 1 N–H and O–H groups in total. The van der Waals surface area contributed by atoms with Gasteiger partial charge in [-0.1, -0.05) is 0 Å². The second-order valence-corrected chi connectivity index (χ2v) is 8.17. The molecule has 0 spiro atoms. The third-order valence-corrected chi connectivity index (χ3v) is 5.42. The number of amides is 1. The average molecular weight is 489 g/mol. The predicted molar refractivity (Wildman–Crippen MR) is 123 cm³/mol. The molecule has 0 aliphatic carbocycles. The Morgan fingerprint density at radius 3 is 2.60 bits per heavy atom. The molecule has 184 valence electrons. The third kappa shape index (κ3) is 5.56. The monoisotopic (exact) mass is 488 g/mol. The molecule has 0 unspecified atom stereocenters. The number of hydrogen-bond donors (Lipinski definition) is 1. The first-order chi connectivity index (χ1) is 17.4. The molecule has 0 radical (unpaired) electrons. The van der Waals surface area contributed by atoms with Crippen LogP contribution in [0.3, 0.4) is 0 Å². The van der Waals surface area contributed by atoms with Gasteiger partial charge in [0.2, 0.25) is 0 Å². The smallest absolute Gasteiger partial charge is 0.372 e. The van der Waals surface area contributed by atoms with Crippen LogP contribution in [0, 0.1) is 6.92 Å². The topological polar surface area (TPSA) is 93.1 Å². The largest absolute Gasteiger partial charge is 0.417 e. The molecule has 3 atom stereocenters. The first-order valence-corrected chi connectivity index (χ1v) is 10.9. The van der Waals surface area contributed by atoms with Gasteiger partial charge in [-0.15, -0.1) is 0 Å². The first-order valence-electron chi connectivity index (χ1n) is 11.9. The quantitative estimate of drug-likeness (QED) is 0.581. The highest BCUT2D eigenvalue weighted by Crippen LogP contribution is 2.29. The molecule has 35 heavy (non-hydrogen) atoms. The maximum absolute atomic E-state index is 13.9. The summed E-state index contributed by atoms with van der Waals surface area (Å²) in [7, 11) is 0. The van der Waals surface area contributed by atoms with Crippen LogP contribution in [0.25, 0.3) is 11.4 Å². The van der Waals surface area contributed by atoms with E-state index in [-0.39, 0.29) is 18.1 Å². The molecule has 8 nitrogen and oxygen atoms in total. The summed E-state index contributed by atoms with van der Waals surface area (Å²) in [4.78, 5) is 31.9. The van der Waals surface area contributed by atoms with Crippen LogP contribution in [0.15, 0.2) is 48.9 Å². The molecule has 11 heteroatoms. The molecule has 1 amide bonds. The summed E-state index contributed by atoms with van der Waals surface area (Å²) < 4.78 is 62.1. The normalized spacial score (nSPS) is 21.8. The SMILES string of the molecule is [2H]C([2H])(Nc1ccc(C(F)(F)F)cn1)[C@@H]1[C@H](C)O[C@H](C)CN1C(=O)c1nc(C)ccc1-c1ncccn1. The lowest BCUT2D eigenvalue weighted by Crippen LogP contribution is -2.58. The minimum Gasteiger partial charge on any atom is -0.372 e. The third-order valence-electron chi connectivity index (χ3n) is 5.42. The lowest BCUT2D eigenvalue weighted by atomic mass is 10.0. The van der Waals surface area contributed by atoms with E-state index < -0.39 is 42.4 Å². The second-order valence-electron chi connectivity index (χ2n) is 8.17. The van der Waals surface area contributed by atoms with Crippen LogP contribution in [0.5, 0.6) is 0 Å². The van der Waals surface area contributed by atoms with Gasteiger partial charge < -0.3 is 15.0 Å². The fourth-order valence-electron chi connectivity index (χ4n) is 3.79. The molecular formula is C24H25F3N6O2. The molecule has 1 fully saturated rings. The number of ether oxygens (including phenoxy) is 1. The van der Waals surface area contributed by atoms with E-state index in [1.807, 2.05) is 0 Å². The van der Waals surface area contributed by atoms with E-state index in [1.54, 1.807) is 39.0 Å². The molecule has 0 bridgehead atoms. The Morgan fingerprint density at radius 2 is 1.94 bits per heavy atom. The average Bonchev–Trinajstić information content (AvgIpc) is 2.83. The molecule has 0 saturated carbocycles. The van der Waals surface area contributed by atoms with Crippen molar-refractivity contribution in [3.8, 4) is 11.4 Å². The van der Waals surface area contributed by atoms with Gasteiger partial charge in [0.25, 0.3) is 5.91 Å². The fraction of sp³-hybridized carbons (Fsp3) is 0.375. The molecule has 4 heterocycles. The van der Waals surface area contributed by atoms with Crippen LogP contribution < -0.4 is 5.32 Å². The number of carbonyl (C=O) groups is 1. The summed E-state index contributed by atoms with van der Waals surface area (Å²) in [6, 6.07) is 5.72. The molecule has 3 aromatic rings. The van der Waals surface area contributed by atoms with Crippen LogP contribution in [-0.4, -0.2) is 62.0 Å². The van der Waals surface area contributed by atoms with Gasteiger partial charge in [-0.2, -0.15) is 13.2 Å². The van der Waals surface area contributed by atoms with Gasteiger partial charge in [0.05, 0.1) is 32.1 Å². The summed E-state index contributed by atoms with van der Waals surface area (Å²) in [5.74, 6) is -0.383. The molecule has 1 aliphatic rings. The van der Waals surface area contributed by atoms with Gasteiger partial charge in [0, 0.05) is 37.3 Å². The van der Waals surface area contributed by atoms with Crippen LogP contribution >= 0.6 is 0 Å². The predicted octanol–water partition coefficient (Wildman–Crippen LogP) is 3.99. The standard InChI is InChI=1S/C24H25F3N6O2/c1-14-5-7-18(22-28-9-4-10-29-22)21(32-14)23(34)33-13-15(2)35-16(3)19(33)12-31-20-8-6-17(11-30-20)24(25,26)27/h4-11,15-16,19H,12-13H2,1-3H3,(H,30,31)/t15-,16+,19-/m1/s1/i12D2. The van der Waals surface area contributed by atoms with Crippen LogP contribution in [0.1, 0.15) is 38.3 Å². The van der Waals surface area contributed by atoms with Crippen molar-refractivity contribution in [1.82, 2.24) is 24.8 Å². The Morgan fingerprint density at radius 1 is 1.20 bits per heavy atom. The van der Waals surface area contributed by atoms with Crippen molar-refractivity contribution in [2.45, 2.75) is 45.2 Å². The molecular weight excluding hydrogens is 461 g/mol. The maximum Gasteiger partial charge on any atom is 0.417 e. The Balaban J connectivity index is 1.69. The maximum atomic E-state index is 13.9. The zero-order chi connectivity index (χ0) is 27.0. The fourth-order valence-corrected chi connectivity index (χ4v) is 3.79. The summed E-state index contributed by atoms with van der Waals surface area (Å²) in [5, 5.41) is 2.54. The number of alkyl halides is 3. The van der Waals surface area contributed by atoms with Crippen molar-refractivity contribution < 1.29 is 25.4 Å². The minimum atomic E-state index is -4.57. The number of pyridine rings is 2.